The molecule has 8 heteroatoms. The lowest BCUT2D eigenvalue weighted by atomic mass is 10.0. The fourth-order valence-corrected chi connectivity index (χ4v) is 4.80. The molecule has 1 saturated carbocycles. The molecule has 0 unspecified atom stereocenters. The first-order chi connectivity index (χ1) is 15.5. The van der Waals surface area contributed by atoms with Crippen LogP contribution in [0.4, 0.5) is 0 Å². The lowest BCUT2D eigenvalue weighted by Crippen LogP contribution is -2.43. The van der Waals surface area contributed by atoms with Crippen molar-refractivity contribution < 1.29 is 9.32 Å². The molecule has 1 aliphatic carbocycles. The Morgan fingerprint density at radius 1 is 1.28 bits per heavy atom. The third kappa shape index (κ3) is 4.03. The predicted molar refractivity (Wildman–Crippen MR) is 123 cm³/mol. The van der Waals surface area contributed by atoms with Gasteiger partial charge < -0.3 is 14.7 Å². The van der Waals surface area contributed by atoms with Crippen LogP contribution in [0, 0.1) is 6.92 Å². The van der Waals surface area contributed by atoms with Gasteiger partial charge in [0.05, 0.1) is 17.1 Å². The van der Waals surface area contributed by atoms with Crippen molar-refractivity contribution in [3.63, 3.8) is 0 Å². The van der Waals surface area contributed by atoms with E-state index < -0.39 is 0 Å². The van der Waals surface area contributed by atoms with Gasteiger partial charge in [-0.2, -0.15) is 5.10 Å². The molecule has 1 saturated heterocycles. The van der Waals surface area contributed by atoms with E-state index in [0.29, 0.717) is 28.3 Å². The number of amides is 1. The molecule has 170 valence electrons. The van der Waals surface area contributed by atoms with Crippen LogP contribution in [0.25, 0.3) is 22.4 Å². The summed E-state index contributed by atoms with van der Waals surface area (Å²) in [6.07, 6.45) is 7.80. The van der Waals surface area contributed by atoms with Gasteiger partial charge in [0, 0.05) is 42.0 Å². The molecule has 32 heavy (non-hydrogen) atoms. The van der Waals surface area contributed by atoms with Crippen molar-refractivity contribution in [2.45, 2.75) is 71.4 Å². The number of aryl methyl sites for hydroxylation is 1. The summed E-state index contributed by atoms with van der Waals surface area (Å²) in [5.74, 6) is 0.323. The van der Waals surface area contributed by atoms with Gasteiger partial charge in [0.2, 0.25) is 0 Å². The zero-order chi connectivity index (χ0) is 22.2. The van der Waals surface area contributed by atoms with Crippen LogP contribution in [0.5, 0.6) is 0 Å². The van der Waals surface area contributed by atoms with E-state index in [4.69, 9.17) is 9.51 Å². The lowest BCUT2D eigenvalue weighted by Gasteiger charge is -2.29. The summed E-state index contributed by atoms with van der Waals surface area (Å²) in [7, 11) is 0. The van der Waals surface area contributed by atoms with Crippen LogP contribution in [0.1, 0.15) is 73.6 Å². The molecule has 3 aromatic heterocycles. The molecule has 5 rings (SSSR count). The summed E-state index contributed by atoms with van der Waals surface area (Å²) >= 11 is 0. The third-order valence-electron chi connectivity index (χ3n) is 6.72. The van der Waals surface area contributed by atoms with Gasteiger partial charge in [0.15, 0.2) is 0 Å². The molecular formula is C24H32N6O2. The summed E-state index contributed by atoms with van der Waals surface area (Å²) in [5, 5.41) is 12.7. The summed E-state index contributed by atoms with van der Waals surface area (Å²) < 4.78 is 7.57. The fraction of sp³-hybridized carbons (Fsp3) is 0.583. The minimum Gasteiger partial charge on any atom is -0.348 e. The fourth-order valence-electron chi connectivity index (χ4n) is 4.80. The van der Waals surface area contributed by atoms with Gasteiger partial charge in [0.25, 0.3) is 11.6 Å². The molecule has 8 nitrogen and oxygen atoms in total. The second-order valence-electron chi connectivity index (χ2n) is 9.28. The number of pyridine rings is 1. The lowest BCUT2D eigenvalue weighted by molar-refractivity contribution is 0.0927. The minimum absolute atomic E-state index is 0.0566. The van der Waals surface area contributed by atoms with Crippen LogP contribution >= 0.6 is 0 Å². The van der Waals surface area contributed by atoms with E-state index in [1.165, 1.54) is 19.3 Å². The first kappa shape index (κ1) is 21.1. The molecule has 2 aliphatic rings. The zero-order valence-corrected chi connectivity index (χ0v) is 19.2. The van der Waals surface area contributed by atoms with Crippen LogP contribution in [0.2, 0.25) is 0 Å². The number of nitrogens with one attached hydrogen (secondary N) is 1. The van der Waals surface area contributed by atoms with E-state index in [1.807, 2.05) is 17.7 Å². The van der Waals surface area contributed by atoms with Crippen LogP contribution in [0.15, 0.2) is 16.8 Å². The van der Waals surface area contributed by atoms with Gasteiger partial charge >= 0.3 is 0 Å². The molecule has 2 fully saturated rings. The number of carbonyl (C=O) groups is 1. The maximum Gasteiger partial charge on any atom is 0.259 e. The molecule has 0 bridgehead atoms. The standard InChI is InChI=1S/C24H32N6O2/c1-4-30-16(3)19(13-25-30)22-21-18(12-20(17-8-9-17)27-24(21)32-28-22)23(31)26-15(2)14-29-10-6-5-7-11-29/h12-13,15,17H,4-11,14H2,1-3H3,(H,26,31)/t15-/m0/s1. The highest BCUT2D eigenvalue weighted by molar-refractivity contribution is 6.09. The number of piperidine rings is 1. The molecule has 4 heterocycles. The highest BCUT2D eigenvalue weighted by atomic mass is 16.5. The maximum atomic E-state index is 13.5. The highest BCUT2D eigenvalue weighted by Gasteiger charge is 2.30. The average molecular weight is 437 g/mol. The SMILES string of the molecule is CCn1ncc(-c2noc3nc(C4CC4)cc(C(=O)N[C@@H](C)CN4CCCCC4)c23)c1C. The van der Waals surface area contributed by atoms with Crippen LogP contribution in [0.3, 0.4) is 0 Å². The van der Waals surface area contributed by atoms with E-state index in [-0.39, 0.29) is 11.9 Å². The maximum absolute atomic E-state index is 13.5. The normalized spacial score (nSPS) is 18.2. The summed E-state index contributed by atoms with van der Waals surface area (Å²) in [6.45, 7) is 10.0. The number of likely N-dealkylation sites (tertiary alicyclic amines) is 1. The number of hydrogen-bond donors (Lipinski definition) is 1. The van der Waals surface area contributed by atoms with Gasteiger partial charge in [0.1, 0.15) is 5.69 Å². The molecule has 1 N–H and O–H groups in total. The number of rotatable bonds is 7. The molecule has 0 aromatic carbocycles. The average Bonchev–Trinajstić information content (AvgIpc) is 3.46. The third-order valence-corrected chi connectivity index (χ3v) is 6.72. The molecular weight excluding hydrogens is 404 g/mol. The Balaban J connectivity index is 1.49. The number of nitrogens with zero attached hydrogens (tertiary/aromatic N) is 5. The van der Waals surface area contributed by atoms with Crippen molar-refractivity contribution >= 4 is 17.0 Å². The Morgan fingerprint density at radius 2 is 2.06 bits per heavy atom. The van der Waals surface area contributed by atoms with Crippen molar-refractivity contribution in [2.75, 3.05) is 19.6 Å². The minimum atomic E-state index is -0.0891. The number of hydrogen-bond acceptors (Lipinski definition) is 6. The monoisotopic (exact) mass is 436 g/mol. The second-order valence-corrected chi connectivity index (χ2v) is 9.28. The highest BCUT2D eigenvalue weighted by Crippen LogP contribution is 2.41. The molecule has 3 aromatic rings. The Hall–Kier alpha value is -2.74. The summed E-state index contributed by atoms with van der Waals surface area (Å²) in [6, 6.07) is 2.00. The topological polar surface area (TPSA) is 89.1 Å². The van der Waals surface area contributed by atoms with Crippen LogP contribution < -0.4 is 5.32 Å². The number of fused-ring (bicyclic) bond motifs is 1. The summed E-state index contributed by atoms with van der Waals surface area (Å²) in [5.41, 5.74) is 4.47. The Bertz CT molecular complexity index is 1120. The molecule has 0 radical (unpaired) electrons. The first-order valence-corrected chi connectivity index (χ1v) is 11.9. The van der Waals surface area contributed by atoms with Crippen molar-refractivity contribution in [3.8, 4) is 11.3 Å². The molecule has 0 spiro atoms. The predicted octanol–water partition coefficient (Wildman–Crippen LogP) is 3.90. The van der Waals surface area contributed by atoms with Gasteiger partial charge in [-0.25, -0.2) is 4.98 Å². The van der Waals surface area contributed by atoms with E-state index in [9.17, 15) is 4.79 Å². The first-order valence-electron chi connectivity index (χ1n) is 11.9. The van der Waals surface area contributed by atoms with Crippen LogP contribution in [-0.4, -0.2) is 56.4 Å². The van der Waals surface area contributed by atoms with E-state index in [0.717, 1.165) is 56.0 Å². The molecule has 1 amide bonds. The van der Waals surface area contributed by atoms with Gasteiger partial charge in [-0.05, 0) is 65.6 Å². The van der Waals surface area contributed by atoms with E-state index in [2.05, 4.69) is 34.3 Å². The van der Waals surface area contributed by atoms with Crippen molar-refractivity contribution in [2.24, 2.45) is 0 Å². The van der Waals surface area contributed by atoms with Gasteiger partial charge in [-0.3, -0.25) is 9.48 Å². The molecule has 1 aliphatic heterocycles. The quantitative estimate of drug-likeness (QED) is 0.604. The van der Waals surface area contributed by atoms with Crippen molar-refractivity contribution in [3.05, 3.63) is 29.2 Å². The Labute approximate surface area is 188 Å². The van der Waals surface area contributed by atoms with E-state index >= 15 is 0 Å². The zero-order valence-electron chi connectivity index (χ0n) is 19.2. The van der Waals surface area contributed by atoms with Gasteiger partial charge in [-0.1, -0.05) is 11.6 Å². The largest absolute Gasteiger partial charge is 0.348 e. The van der Waals surface area contributed by atoms with Gasteiger partial charge in [-0.15, -0.1) is 0 Å². The van der Waals surface area contributed by atoms with Crippen LogP contribution in [-0.2, 0) is 6.54 Å². The number of aromatic nitrogens is 4. The Morgan fingerprint density at radius 3 is 2.75 bits per heavy atom. The smallest absolute Gasteiger partial charge is 0.259 e. The number of carbonyl (C=O) groups excluding carboxylic acids is 1. The van der Waals surface area contributed by atoms with E-state index in [1.54, 1.807) is 6.20 Å². The molecule has 1 atom stereocenters. The second kappa shape index (κ2) is 8.65. The van der Waals surface area contributed by atoms with Crippen molar-refractivity contribution in [1.82, 2.24) is 30.1 Å². The Kier molecular flexibility index (Phi) is 5.71. The summed E-state index contributed by atoms with van der Waals surface area (Å²) in [4.78, 5) is 20.6. The van der Waals surface area contributed by atoms with Crippen molar-refractivity contribution in [1.29, 1.82) is 0 Å².